The summed E-state index contributed by atoms with van der Waals surface area (Å²) in [5.41, 5.74) is 3.65. The summed E-state index contributed by atoms with van der Waals surface area (Å²) >= 11 is 6.08. The number of anilines is 1. The van der Waals surface area contributed by atoms with Crippen LogP contribution >= 0.6 is 11.6 Å². The highest BCUT2D eigenvalue weighted by atomic mass is 35.5. The molecule has 1 atom stereocenters. The van der Waals surface area contributed by atoms with E-state index in [9.17, 15) is 19.2 Å². The van der Waals surface area contributed by atoms with Gasteiger partial charge in [0.1, 0.15) is 5.82 Å². The summed E-state index contributed by atoms with van der Waals surface area (Å²) < 4.78 is 4.76. The number of methoxy groups -OCH3 is 1. The van der Waals surface area contributed by atoms with Gasteiger partial charge in [0, 0.05) is 28.6 Å². The molecule has 39 heavy (non-hydrogen) atoms. The molecular weight excluding hydrogens is 520 g/mol. The Hall–Kier alpha value is -4.24. The van der Waals surface area contributed by atoms with E-state index < -0.39 is 6.04 Å². The van der Waals surface area contributed by atoms with Crippen LogP contribution in [0.15, 0.2) is 48.7 Å². The maximum atomic E-state index is 12.9. The van der Waals surface area contributed by atoms with Gasteiger partial charge in [-0.2, -0.15) is 0 Å². The van der Waals surface area contributed by atoms with Gasteiger partial charge in [-0.1, -0.05) is 30.2 Å². The molecule has 2 aromatic carbocycles. The summed E-state index contributed by atoms with van der Waals surface area (Å²) in [6.07, 6.45) is 6.83. The summed E-state index contributed by atoms with van der Waals surface area (Å²) in [6, 6.07) is 9.84. The second kappa shape index (κ2) is 12.5. The number of imidazole rings is 1. The fourth-order valence-corrected chi connectivity index (χ4v) is 4.61. The third-order valence-electron chi connectivity index (χ3n) is 6.42. The number of aromatic nitrogens is 2. The number of hydrogen-bond acceptors (Lipinski definition) is 6. The Morgan fingerprint density at radius 3 is 2.77 bits per heavy atom. The number of Topliss-reactive ketones (excluding diaryl/α,β-unsaturated/α-hetero) is 1. The number of amides is 2. The van der Waals surface area contributed by atoms with Crippen molar-refractivity contribution in [3.05, 3.63) is 76.2 Å². The minimum Gasteiger partial charge on any atom is -0.469 e. The van der Waals surface area contributed by atoms with E-state index >= 15 is 0 Å². The first-order valence-corrected chi connectivity index (χ1v) is 12.9. The molecule has 1 aromatic heterocycles. The SMILES string of the molecule is COC(=O)Cc1ccc2c(c1)NC(=O)CCCC[C@H](NC(=O)/C=C/c1cc(Cl)ccc1C(C)=O)c1ncc-2[nH]1. The lowest BCUT2D eigenvalue weighted by Crippen LogP contribution is -2.28. The molecule has 10 heteroatoms. The first kappa shape index (κ1) is 27.8. The Morgan fingerprint density at radius 1 is 1.18 bits per heavy atom. The van der Waals surface area contributed by atoms with E-state index in [-0.39, 0.29) is 30.0 Å². The van der Waals surface area contributed by atoms with Crippen molar-refractivity contribution in [3.8, 4) is 11.3 Å². The third kappa shape index (κ3) is 7.20. The molecule has 3 N–H and O–H groups in total. The first-order chi connectivity index (χ1) is 18.7. The Balaban J connectivity index is 1.59. The molecular formula is C29H29ClN4O5. The van der Waals surface area contributed by atoms with Crippen molar-refractivity contribution in [1.82, 2.24) is 15.3 Å². The number of halogens is 1. The zero-order chi connectivity index (χ0) is 27.9. The predicted molar refractivity (Wildman–Crippen MR) is 148 cm³/mol. The average Bonchev–Trinajstić information content (AvgIpc) is 3.38. The van der Waals surface area contributed by atoms with E-state index in [0.717, 1.165) is 0 Å². The van der Waals surface area contributed by atoms with Crippen LogP contribution in [0.5, 0.6) is 0 Å². The van der Waals surface area contributed by atoms with Crippen molar-refractivity contribution < 1.29 is 23.9 Å². The number of ketones is 1. The number of hydrogen-bond donors (Lipinski definition) is 3. The number of H-pyrrole nitrogens is 1. The number of nitrogens with zero attached hydrogens (tertiary/aromatic N) is 1. The van der Waals surface area contributed by atoms with Crippen molar-refractivity contribution in [2.75, 3.05) is 12.4 Å². The summed E-state index contributed by atoms with van der Waals surface area (Å²) in [4.78, 5) is 57.0. The van der Waals surface area contributed by atoms with E-state index in [1.165, 1.54) is 20.1 Å². The quantitative estimate of drug-likeness (QED) is 0.225. The molecule has 0 fully saturated rings. The highest BCUT2D eigenvalue weighted by molar-refractivity contribution is 6.31. The smallest absolute Gasteiger partial charge is 0.309 e. The number of aromatic amines is 1. The number of esters is 1. The van der Waals surface area contributed by atoms with Crippen LogP contribution in [0.3, 0.4) is 0 Å². The van der Waals surface area contributed by atoms with Crippen molar-refractivity contribution >= 4 is 46.9 Å². The number of nitrogens with one attached hydrogen (secondary N) is 3. The van der Waals surface area contributed by atoms with Crippen LogP contribution in [0, 0.1) is 0 Å². The Labute approximate surface area is 231 Å². The van der Waals surface area contributed by atoms with E-state index in [2.05, 4.69) is 20.6 Å². The molecule has 2 heterocycles. The average molecular weight is 549 g/mol. The van der Waals surface area contributed by atoms with Crippen molar-refractivity contribution in [2.45, 2.75) is 45.1 Å². The van der Waals surface area contributed by atoms with Crippen LogP contribution in [0.4, 0.5) is 5.69 Å². The van der Waals surface area contributed by atoms with Crippen molar-refractivity contribution in [3.63, 3.8) is 0 Å². The lowest BCUT2D eigenvalue weighted by Gasteiger charge is -2.17. The van der Waals surface area contributed by atoms with Crippen LogP contribution in [-0.4, -0.2) is 40.6 Å². The number of carbonyl (C=O) groups is 4. The van der Waals surface area contributed by atoms with Crippen LogP contribution < -0.4 is 10.6 Å². The van der Waals surface area contributed by atoms with Gasteiger partial charge in [0.05, 0.1) is 37.2 Å². The third-order valence-corrected chi connectivity index (χ3v) is 6.66. The number of rotatable bonds is 6. The normalized spacial score (nSPS) is 15.5. The second-order valence-corrected chi connectivity index (χ2v) is 9.73. The van der Waals surface area contributed by atoms with Crippen LogP contribution in [0.2, 0.25) is 5.02 Å². The Bertz CT molecular complexity index is 1450. The van der Waals surface area contributed by atoms with E-state index in [1.807, 2.05) is 6.07 Å². The second-order valence-electron chi connectivity index (χ2n) is 9.29. The summed E-state index contributed by atoms with van der Waals surface area (Å²) in [7, 11) is 1.33. The van der Waals surface area contributed by atoms with Gasteiger partial charge < -0.3 is 20.4 Å². The highest BCUT2D eigenvalue weighted by Crippen LogP contribution is 2.31. The number of benzene rings is 2. The molecule has 4 rings (SSSR count). The predicted octanol–water partition coefficient (Wildman–Crippen LogP) is 5.03. The molecule has 202 valence electrons. The summed E-state index contributed by atoms with van der Waals surface area (Å²) in [5.74, 6) is -0.423. The van der Waals surface area contributed by atoms with Crippen molar-refractivity contribution in [1.29, 1.82) is 0 Å². The maximum Gasteiger partial charge on any atom is 0.309 e. The Kier molecular flexibility index (Phi) is 8.93. The molecule has 0 radical (unpaired) electrons. The highest BCUT2D eigenvalue weighted by Gasteiger charge is 2.20. The maximum absolute atomic E-state index is 12.9. The largest absolute Gasteiger partial charge is 0.469 e. The van der Waals surface area contributed by atoms with Gasteiger partial charge in [-0.05, 0) is 61.2 Å². The van der Waals surface area contributed by atoms with Crippen LogP contribution in [0.25, 0.3) is 17.3 Å². The first-order valence-electron chi connectivity index (χ1n) is 12.6. The fourth-order valence-electron chi connectivity index (χ4n) is 4.43. The lowest BCUT2D eigenvalue weighted by molar-refractivity contribution is -0.139. The van der Waals surface area contributed by atoms with Gasteiger partial charge in [-0.25, -0.2) is 4.98 Å². The van der Waals surface area contributed by atoms with Crippen LogP contribution in [0.1, 0.15) is 66.0 Å². The minimum atomic E-state index is -0.424. The molecule has 3 aromatic rings. The van der Waals surface area contributed by atoms with Gasteiger partial charge >= 0.3 is 5.97 Å². The van der Waals surface area contributed by atoms with E-state index in [0.29, 0.717) is 70.2 Å². The van der Waals surface area contributed by atoms with Gasteiger partial charge in [-0.3, -0.25) is 19.2 Å². The van der Waals surface area contributed by atoms with Gasteiger partial charge in [0.2, 0.25) is 11.8 Å². The topological polar surface area (TPSA) is 130 Å². The Morgan fingerprint density at radius 2 is 2.00 bits per heavy atom. The van der Waals surface area contributed by atoms with Crippen LogP contribution in [-0.2, 0) is 25.5 Å². The minimum absolute atomic E-state index is 0.0819. The number of fused-ring (bicyclic) bond motifs is 4. The zero-order valence-corrected chi connectivity index (χ0v) is 22.4. The standard InChI is InChI=1S/C29H29ClN4O5/c1-17(35)21-11-9-20(30)15-19(21)8-12-27(37)32-23-5-3-4-6-26(36)33-24-13-18(14-28(38)39-2)7-10-22(24)25-16-31-29(23)34-25/h7-13,15-16,23H,3-6,14H2,1-2H3,(H,31,34)(H,32,37)(H,33,36)/b12-8+/t23-/m0/s1. The molecule has 9 nitrogen and oxygen atoms in total. The molecule has 0 aliphatic carbocycles. The van der Waals surface area contributed by atoms with E-state index in [1.54, 1.807) is 42.6 Å². The molecule has 1 aliphatic heterocycles. The summed E-state index contributed by atoms with van der Waals surface area (Å²) in [5, 5.41) is 6.39. The molecule has 0 unspecified atom stereocenters. The van der Waals surface area contributed by atoms with E-state index in [4.69, 9.17) is 16.3 Å². The van der Waals surface area contributed by atoms with Gasteiger partial charge in [-0.15, -0.1) is 0 Å². The molecule has 2 amide bonds. The fraction of sp³-hybridized carbons (Fsp3) is 0.276. The van der Waals surface area contributed by atoms with Gasteiger partial charge in [0.15, 0.2) is 5.78 Å². The molecule has 1 aliphatic rings. The number of carbonyl (C=O) groups excluding carboxylic acids is 4. The monoisotopic (exact) mass is 548 g/mol. The number of ether oxygens (including phenoxy) is 1. The molecule has 0 saturated carbocycles. The van der Waals surface area contributed by atoms with Gasteiger partial charge in [0.25, 0.3) is 0 Å². The molecule has 2 bridgehead atoms. The van der Waals surface area contributed by atoms with Crippen molar-refractivity contribution in [2.24, 2.45) is 0 Å². The molecule has 0 spiro atoms. The summed E-state index contributed by atoms with van der Waals surface area (Å²) in [6.45, 7) is 1.46. The lowest BCUT2D eigenvalue weighted by atomic mass is 10.0. The zero-order valence-electron chi connectivity index (χ0n) is 21.7. The molecule has 0 saturated heterocycles.